The highest BCUT2D eigenvalue weighted by Crippen LogP contribution is 1.81. The van der Waals surface area contributed by atoms with Crippen LogP contribution in [-0.2, 0) is 13.3 Å². The van der Waals surface area contributed by atoms with E-state index in [-0.39, 0.29) is 0 Å². The van der Waals surface area contributed by atoms with Crippen LogP contribution in [0.5, 0.6) is 0 Å². The fourth-order valence-electron chi connectivity index (χ4n) is 0.289. The maximum absolute atomic E-state index is 7.88. The largest absolute Gasteiger partial charge is 0.483 e. The molecule has 0 aliphatic carbocycles. The number of hydrogen-bond acceptors (Lipinski definition) is 4. The van der Waals surface area contributed by atoms with Gasteiger partial charge in [-0.15, -0.1) is 0 Å². The predicted molar refractivity (Wildman–Crippen MR) is 45.6 cm³/mol. The lowest BCUT2D eigenvalue weighted by Crippen LogP contribution is -2.21. The third-order valence-electron chi connectivity index (χ3n) is 0.801. The Morgan fingerprint density at radius 2 is 1.36 bits per heavy atom. The van der Waals surface area contributed by atoms with E-state index in [2.05, 4.69) is 0 Å². The summed E-state index contributed by atoms with van der Waals surface area (Å²) in [6.07, 6.45) is 0.875. The van der Waals surface area contributed by atoms with Gasteiger partial charge < -0.3 is 18.4 Å². The van der Waals surface area contributed by atoms with Crippen molar-refractivity contribution in [2.75, 3.05) is 27.9 Å². The number of aliphatic hydroxyl groups excluding tert-OH is 1. The molecule has 1 N–H and O–H groups in total. The van der Waals surface area contributed by atoms with Crippen LogP contribution < -0.4 is 0 Å². The Morgan fingerprint density at radius 3 is 1.36 bits per heavy atom. The van der Waals surface area contributed by atoms with Gasteiger partial charge in [0.1, 0.15) is 0 Å². The Hall–Kier alpha value is 0.0569. The van der Waals surface area contributed by atoms with Crippen molar-refractivity contribution in [2.45, 2.75) is 13.3 Å². The summed E-state index contributed by atoms with van der Waals surface area (Å²) in [5.74, 6) is 0. The zero-order valence-electron chi connectivity index (χ0n) is 7.66. The molecule has 0 rings (SSSR count). The molecule has 0 amide bonds. The quantitative estimate of drug-likeness (QED) is 0.623. The second-order valence-electron chi connectivity index (χ2n) is 1.72. The van der Waals surface area contributed by atoms with E-state index < -0.39 is 9.53 Å². The van der Waals surface area contributed by atoms with Crippen molar-refractivity contribution in [2.24, 2.45) is 0 Å². The smallest absolute Gasteiger partial charge is 0.396 e. The Kier molecular flexibility index (Phi) is 15.8. The van der Waals surface area contributed by atoms with E-state index in [4.69, 9.17) is 18.4 Å². The minimum Gasteiger partial charge on any atom is -0.396 e. The fraction of sp³-hybridized carbons (Fsp3) is 1.00. The van der Waals surface area contributed by atoms with Crippen molar-refractivity contribution in [1.29, 1.82) is 0 Å². The molecule has 0 atom stereocenters. The van der Waals surface area contributed by atoms with E-state index >= 15 is 0 Å². The van der Waals surface area contributed by atoms with Crippen LogP contribution in [0.4, 0.5) is 0 Å². The SMILES string of the molecule is CCCO.CO[SiH](OC)OC. The van der Waals surface area contributed by atoms with Gasteiger partial charge in [-0.25, -0.2) is 0 Å². The topological polar surface area (TPSA) is 47.9 Å². The van der Waals surface area contributed by atoms with Gasteiger partial charge in [-0.2, -0.15) is 0 Å². The van der Waals surface area contributed by atoms with Crippen molar-refractivity contribution < 1.29 is 18.4 Å². The molecular weight excluding hydrogens is 164 g/mol. The van der Waals surface area contributed by atoms with E-state index in [0.717, 1.165) is 6.42 Å². The fourth-order valence-corrected chi connectivity index (χ4v) is 0.866. The van der Waals surface area contributed by atoms with Gasteiger partial charge >= 0.3 is 9.53 Å². The maximum atomic E-state index is 7.88. The number of rotatable bonds is 4. The van der Waals surface area contributed by atoms with Gasteiger partial charge in [0.25, 0.3) is 0 Å². The Balaban J connectivity index is 0. The molecule has 5 heteroatoms. The molecule has 0 saturated heterocycles. The molecule has 0 fully saturated rings. The van der Waals surface area contributed by atoms with Crippen molar-refractivity contribution in [3.05, 3.63) is 0 Å². The van der Waals surface area contributed by atoms with Gasteiger partial charge in [0, 0.05) is 27.9 Å². The standard InChI is InChI=1S/C3H10O3Si.C3H8O/c1-4-7(5-2)6-3;1-2-3-4/h7H,1-3H3;4H,2-3H2,1H3. The van der Waals surface area contributed by atoms with E-state index in [9.17, 15) is 0 Å². The Bertz CT molecular complexity index is 51.0. The summed E-state index contributed by atoms with van der Waals surface area (Å²) < 4.78 is 14.2. The van der Waals surface area contributed by atoms with Crippen molar-refractivity contribution in [3.63, 3.8) is 0 Å². The monoisotopic (exact) mass is 182 g/mol. The van der Waals surface area contributed by atoms with Crippen LogP contribution in [-0.4, -0.2) is 42.6 Å². The van der Waals surface area contributed by atoms with Crippen LogP contribution in [0.15, 0.2) is 0 Å². The summed E-state index contributed by atoms with van der Waals surface area (Å²) >= 11 is 0. The van der Waals surface area contributed by atoms with Crippen molar-refractivity contribution in [3.8, 4) is 0 Å². The zero-order valence-corrected chi connectivity index (χ0v) is 8.82. The summed E-state index contributed by atoms with van der Waals surface area (Å²) in [7, 11) is 3.05. The molecule has 0 unspecified atom stereocenters. The average Bonchev–Trinajstić information content (AvgIpc) is 2.08. The van der Waals surface area contributed by atoms with E-state index in [1.807, 2.05) is 6.92 Å². The lowest BCUT2D eigenvalue weighted by molar-refractivity contribution is 0.163. The maximum Gasteiger partial charge on any atom is 0.483 e. The van der Waals surface area contributed by atoms with E-state index in [1.54, 1.807) is 21.3 Å². The minimum atomic E-state index is -1.67. The van der Waals surface area contributed by atoms with Crippen LogP contribution in [0, 0.1) is 0 Å². The van der Waals surface area contributed by atoms with Crippen LogP contribution in [0.3, 0.4) is 0 Å². The third kappa shape index (κ3) is 13.1. The molecule has 0 radical (unpaired) electrons. The second kappa shape index (κ2) is 12.7. The molecule has 0 aromatic rings. The highest BCUT2D eigenvalue weighted by atomic mass is 28.3. The molecule has 0 saturated carbocycles. The summed E-state index contributed by atoms with van der Waals surface area (Å²) in [5, 5.41) is 7.88. The molecular formula is C6H18O4Si. The zero-order chi connectivity index (χ0) is 9.11. The summed E-state index contributed by atoms with van der Waals surface area (Å²) in [6, 6.07) is 0. The molecule has 0 aromatic carbocycles. The second-order valence-corrected chi connectivity index (χ2v) is 3.71. The molecule has 0 bridgehead atoms. The lowest BCUT2D eigenvalue weighted by Gasteiger charge is -2.05. The Morgan fingerprint density at radius 1 is 1.09 bits per heavy atom. The average molecular weight is 182 g/mol. The number of hydrogen-bond donors (Lipinski definition) is 1. The van der Waals surface area contributed by atoms with Gasteiger partial charge in [0.2, 0.25) is 0 Å². The number of aliphatic hydroxyl groups is 1. The van der Waals surface area contributed by atoms with Gasteiger partial charge in [-0.1, -0.05) is 6.92 Å². The van der Waals surface area contributed by atoms with Gasteiger partial charge in [0.15, 0.2) is 0 Å². The molecule has 0 aliphatic heterocycles. The first kappa shape index (κ1) is 13.6. The lowest BCUT2D eigenvalue weighted by atomic mass is 10.5. The third-order valence-corrected chi connectivity index (χ3v) is 1.96. The molecule has 70 valence electrons. The van der Waals surface area contributed by atoms with E-state index in [0.29, 0.717) is 6.61 Å². The first-order valence-corrected chi connectivity index (χ1v) is 4.87. The minimum absolute atomic E-state index is 0.319. The summed E-state index contributed by atoms with van der Waals surface area (Å²) in [4.78, 5) is 0. The highest BCUT2D eigenvalue weighted by molar-refractivity contribution is 6.36. The molecule has 4 nitrogen and oxygen atoms in total. The van der Waals surface area contributed by atoms with Crippen molar-refractivity contribution in [1.82, 2.24) is 0 Å². The van der Waals surface area contributed by atoms with Crippen LogP contribution in [0.1, 0.15) is 13.3 Å². The highest BCUT2D eigenvalue weighted by Gasteiger charge is 2.04. The first-order valence-electron chi connectivity index (χ1n) is 3.46. The molecule has 0 aliphatic rings. The summed E-state index contributed by atoms with van der Waals surface area (Å²) in [6.45, 7) is 2.25. The molecule has 0 spiro atoms. The van der Waals surface area contributed by atoms with Gasteiger partial charge in [-0.05, 0) is 6.42 Å². The van der Waals surface area contributed by atoms with Crippen LogP contribution in [0.25, 0.3) is 0 Å². The Labute approximate surface area is 70.1 Å². The normalized spacial score (nSPS) is 9.27. The predicted octanol–water partition coefficient (Wildman–Crippen LogP) is 0.0315. The van der Waals surface area contributed by atoms with Crippen LogP contribution >= 0.6 is 0 Å². The van der Waals surface area contributed by atoms with Crippen molar-refractivity contribution >= 4 is 9.53 Å². The molecule has 0 aromatic heterocycles. The molecule has 0 heterocycles. The van der Waals surface area contributed by atoms with E-state index in [1.165, 1.54) is 0 Å². The van der Waals surface area contributed by atoms with Crippen LogP contribution in [0.2, 0.25) is 0 Å². The van der Waals surface area contributed by atoms with Gasteiger partial charge in [0.05, 0.1) is 0 Å². The first-order chi connectivity index (χ1) is 5.26. The van der Waals surface area contributed by atoms with Gasteiger partial charge in [-0.3, -0.25) is 0 Å². The molecule has 11 heavy (non-hydrogen) atoms. The summed E-state index contributed by atoms with van der Waals surface area (Å²) in [5.41, 5.74) is 0.